The first-order valence-corrected chi connectivity index (χ1v) is 8.57. The molecule has 1 N–H and O–H groups in total. The molecule has 25 heavy (non-hydrogen) atoms. The van der Waals surface area contributed by atoms with Crippen LogP contribution in [0.15, 0.2) is 48.5 Å². The van der Waals surface area contributed by atoms with Gasteiger partial charge >= 0.3 is 0 Å². The van der Waals surface area contributed by atoms with Crippen LogP contribution in [0.3, 0.4) is 0 Å². The zero-order chi connectivity index (χ0) is 17.6. The Morgan fingerprint density at radius 2 is 1.92 bits per heavy atom. The van der Waals surface area contributed by atoms with E-state index < -0.39 is 0 Å². The Morgan fingerprint density at radius 3 is 2.60 bits per heavy atom. The number of amides is 1. The monoisotopic (exact) mass is 342 g/mol. The van der Waals surface area contributed by atoms with Gasteiger partial charge in [0, 0.05) is 24.8 Å². The fraction of sp³-hybridized carbons (Fsp3) is 0.350. The number of hydrogen-bond acceptors (Lipinski definition) is 3. The SMILES string of the molecule is COc1cccc(CC(=O)NC2CCN(c3ccc(F)cc3)CC2)c1. The van der Waals surface area contributed by atoms with E-state index in [1.165, 1.54) is 12.1 Å². The van der Waals surface area contributed by atoms with Gasteiger partial charge in [0.05, 0.1) is 13.5 Å². The third-order valence-corrected chi connectivity index (χ3v) is 4.55. The highest BCUT2D eigenvalue weighted by Gasteiger charge is 2.21. The van der Waals surface area contributed by atoms with Gasteiger partial charge in [-0.25, -0.2) is 4.39 Å². The summed E-state index contributed by atoms with van der Waals surface area (Å²) in [7, 11) is 1.62. The Hall–Kier alpha value is -2.56. The standard InChI is InChI=1S/C20H23FN2O2/c1-25-19-4-2-3-15(13-19)14-20(24)22-17-9-11-23(12-10-17)18-7-5-16(21)6-8-18/h2-8,13,17H,9-12,14H2,1H3,(H,22,24). The van der Waals surface area contributed by atoms with Gasteiger partial charge in [-0.2, -0.15) is 0 Å². The lowest BCUT2D eigenvalue weighted by atomic mass is 10.0. The van der Waals surface area contributed by atoms with Crippen molar-refractivity contribution in [3.8, 4) is 5.75 Å². The summed E-state index contributed by atoms with van der Waals surface area (Å²) < 4.78 is 18.2. The Bertz CT molecular complexity index is 710. The van der Waals surface area contributed by atoms with Crippen LogP contribution in [0.5, 0.6) is 5.75 Å². The first-order valence-electron chi connectivity index (χ1n) is 8.57. The number of halogens is 1. The molecule has 0 saturated carbocycles. The second-order valence-electron chi connectivity index (χ2n) is 6.33. The molecule has 1 saturated heterocycles. The molecule has 0 radical (unpaired) electrons. The number of rotatable bonds is 5. The van der Waals surface area contributed by atoms with Gasteiger partial charge in [-0.05, 0) is 54.8 Å². The molecule has 0 unspecified atom stereocenters. The summed E-state index contributed by atoms with van der Waals surface area (Å²) in [5.74, 6) is 0.579. The Kier molecular flexibility index (Phi) is 5.53. The molecule has 1 aliphatic rings. The fourth-order valence-corrected chi connectivity index (χ4v) is 3.18. The lowest BCUT2D eigenvalue weighted by Gasteiger charge is -2.34. The van der Waals surface area contributed by atoms with Gasteiger partial charge in [-0.1, -0.05) is 12.1 Å². The van der Waals surface area contributed by atoms with Crippen LogP contribution in [0.1, 0.15) is 18.4 Å². The average Bonchev–Trinajstić information content (AvgIpc) is 2.63. The number of anilines is 1. The molecule has 3 rings (SSSR count). The van der Waals surface area contributed by atoms with Crippen molar-refractivity contribution >= 4 is 11.6 Å². The highest BCUT2D eigenvalue weighted by Crippen LogP contribution is 2.20. The molecule has 0 aliphatic carbocycles. The molecule has 0 aromatic heterocycles. The zero-order valence-electron chi connectivity index (χ0n) is 14.4. The van der Waals surface area contributed by atoms with Crippen LogP contribution in [0.2, 0.25) is 0 Å². The fourth-order valence-electron chi connectivity index (χ4n) is 3.18. The van der Waals surface area contributed by atoms with Crippen molar-refractivity contribution < 1.29 is 13.9 Å². The van der Waals surface area contributed by atoms with Gasteiger partial charge in [-0.15, -0.1) is 0 Å². The first-order chi connectivity index (χ1) is 12.1. The van der Waals surface area contributed by atoms with E-state index in [1.54, 1.807) is 19.2 Å². The molecule has 2 aromatic carbocycles. The summed E-state index contributed by atoms with van der Waals surface area (Å²) in [6.07, 6.45) is 2.14. The molecule has 0 spiro atoms. The largest absolute Gasteiger partial charge is 0.497 e. The molecule has 1 fully saturated rings. The molecule has 2 aromatic rings. The van der Waals surface area contributed by atoms with Gasteiger partial charge in [-0.3, -0.25) is 4.79 Å². The van der Waals surface area contributed by atoms with Gasteiger partial charge in [0.2, 0.25) is 5.91 Å². The van der Waals surface area contributed by atoms with Crippen molar-refractivity contribution in [3.63, 3.8) is 0 Å². The molecule has 4 nitrogen and oxygen atoms in total. The quantitative estimate of drug-likeness (QED) is 0.907. The summed E-state index contributed by atoms with van der Waals surface area (Å²) in [6, 6.07) is 14.3. The number of nitrogens with one attached hydrogen (secondary N) is 1. The van der Waals surface area contributed by atoms with Gasteiger partial charge < -0.3 is 15.0 Å². The number of carbonyl (C=O) groups excluding carboxylic acids is 1. The van der Waals surface area contributed by atoms with Crippen molar-refractivity contribution in [1.82, 2.24) is 5.32 Å². The molecular formula is C20H23FN2O2. The highest BCUT2D eigenvalue weighted by atomic mass is 19.1. The summed E-state index contributed by atoms with van der Waals surface area (Å²) in [4.78, 5) is 14.5. The van der Waals surface area contributed by atoms with E-state index in [1.807, 2.05) is 24.3 Å². The molecule has 1 aliphatic heterocycles. The van der Waals surface area contributed by atoms with Crippen molar-refractivity contribution in [2.45, 2.75) is 25.3 Å². The number of carbonyl (C=O) groups is 1. The van der Waals surface area contributed by atoms with Gasteiger partial charge in [0.1, 0.15) is 11.6 Å². The smallest absolute Gasteiger partial charge is 0.224 e. The molecule has 0 bridgehead atoms. The van der Waals surface area contributed by atoms with Crippen LogP contribution in [0, 0.1) is 5.82 Å². The lowest BCUT2D eigenvalue weighted by molar-refractivity contribution is -0.121. The second-order valence-corrected chi connectivity index (χ2v) is 6.33. The molecule has 0 atom stereocenters. The number of nitrogens with zero attached hydrogens (tertiary/aromatic N) is 1. The van der Waals surface area contributed by atoms with Crippen LogP contribution < -0.4 is 15.0 Å². The van der Waals surface area contributed by atoms with Crippen molar-refractivity contribution in [2.24, 2.45) is 0 Å². The topological polar surface area (TPSA) is 41.6 Å². The zero-order valence-corrected chi connectivity index (χ0v) is 14.4. The van der Waals surface area contributed by atoms with E-state index in [4.69, 9.17) is 4.74 Å². The molecule has 1 heterocycles. The number of piperidine rings is 1. The molecule has 5 heteroatoms. The molecule has 1 amide bonds. The van der Waals surface area contributed by atoms with E-state index in [9.17, 15) is 9.18 Å². The number of methoxy groups -OCH3 is 1. The maximum Gasteiger partial charge on any atom is 0.224 e. The van der Waals surface area contributed by atoms with Crippen LogP contribution >= 0.6 is 0 Å². The first kappa shape index (κ1) is 17.3. The Balaban J connectivity index is 1.48. The average molecular weight is 342 g/mol. The minimum atomic E-state index is -0.219. The minimum absolute atomic E-state index is 0.0356. The van der Waals surface area contributed by atoms with E-state index in [2.05, 4.69) is 10.2 Å². The van der Waals surface area contributed by atoms with Crippen LogP contribution in [-0.2, 0) is 11.2 Å². The van der Waals surface area contributed by atoms with Gasteiger partial charge in [0.15, 0.2) is 0 Å². The number of ether oxygens (including phenoxy) is 1. The third kappa shape index (κ3) is 4.72. The van der Waals surface area contributed by atoms with E-state index in [0.717, 1.165) is 42.9 Å². The number of benzene rings is 2. The number of hydrogen-bond donors (Lipinski definition) is 1. The maximum atomic E-state index is 13.0. The predicted octanol–water partition coefficient (Wildman–Crippen LogP) is 3.16. The third-order valence-electron chi connectivity index (χ3n) is 4.55. The van der Waals surface area contributed by atoms with E-state index >= 15 is 0 Å². The summed E-state index contributed by atoms with van der Waals surface area (Å²) in [6.45, 7) is 1.71. The van der Waals surface area contributed by atoms with Crippen molar-refractivity contribution in [2.75, 3.05) is 25.1 Å². The van der Waals surface area contributed by atoms with E-state index in [-0.39, 0.29) is 17.8 Å². The van der Waals surface area contributed by atoms with E-state index in [0.29, 0.717) is 6.42 Å². The maximum absolute atomic E-state index is 13.0. The minimum Gasteiger partial charge on any atom is -0.497 e. The Morgan fingerprint density at radius 1 is 1.20 bits per heavy atom. The van der Waals surface area contributed by atoms with Crippen LogP contribution in [0.25, 0.3) is 0 Å². The van der Waals surface area contributed by atoms with Crippen LogP contribution in [-0.4, -0.2) is 32.1 Å². The normalized spacial score (nSPS) is 15.0. The van der Waals surface area contributed by atoms with Crippen molar-refractivity contribution in [3.05, 3.63) is 59.9 Å². The highest BCUT2D eigenvalue weighted by molar-refractivity contribution is 5.79. The Labute approximate surface area is 147 Å². The molecular weight excluding hydrogens is 319 g/mol. The summed E-state index contributed by atoms with van der Waals surface area (Å²) in [5.41, 5.74) is 1.98. The predicted molar refractivity (Wildman–Crippen MR) is 96.5 cm³/mol. The van der Waals surface area contributed by atoms with Crippen molar-refractivity contribution in [1.29, 1.82) is 0 Å². The lowest BCUT2D eigenvalue weighted by Crippen LogP contribution is -2.45. The molecule has 132 valence electrons. The second kappa shape index (κ2) is 8.01. The van der Waals surface area contributed by atoms with Crippen LogP contribution in [0.4, 0.5) is 10.1 Å². The summed E-state index contributed by atoms with van der Waals surface area (Å²) in [5, 5.41) is 3.12. The van der Waals surface area contributed by atoms with Gasteiger partial charge in [0.25, 0.3) is 0 Å². The summed E-state index contributed by atoms with van der Waals surface area (Å²) >= 11 is 0.